The molecule has 0 radical (unpaired) electrons. The molecule has 2 heterocycles. The maximum atomic E-state index is 13.1. The van der Waals surface area contributed by atoms with Crippen molar-refractivity contribution in [2.75, 3.05) is 13.2 Å². The molecule has 3 aromatic rings. The van der Waals surface area contributed by atoms with Gasteiger partial charge in [0, 0.05) is 23.8 Å². The highest BCUT2D eigenvalue weighted by molar-refractivity contribution is 6.30. The highest BCUT2D eigenvalue weighted by Crippen LogP contribution is 2.35. The summed E-state index contributed by atoms with van der Waals surface area (Å²) in [6, 6.07) is 17.1. The van der Waals surface area contributed by atoms with Gasteiger partial charge < -0.3 is 14.6 Å². The highest BCUT2D eigenvalue weighted by atomic mass is 35.5. The fourth-order valence-electron chi connectivity index (χ4n) is 3.52. The molecule has 1 aliphatic heterocycles. The molecule has 1 aliphatic rings. The quantitative estimate of drug-likeness (QED) is 0.709. The van der Waals surface area contributed by atoms with Crippen molar-refractivity contribution in [2.24, 2.45) is 0 Å². The van der Waals surface area contributed by atoms with Crippen LogP contribution in [0.4, 0.5) is 0 Å². The fourth-order valence-corrected chi connectivity index (χ4v) is 3.71. The van der Waals surface area contributed by atoms with Crippen molar-refractivity contribution in [2.45, 2.75) is 24.8 Å². The molecule has 1 saturated heterocycles. The van der Waals surface area contributed by atoms with Gasteiger partial charge in [0.15, 0.2) is 0 Å². The van der Waals surface area contributed by atoms with E-state index < -0.39 is 5.41 Å². The van der Waals surface area contributed by atoms with Crippen molar-refractivity contribution < 1.29 is 14.1 Å². The molecule has 6 nitrogen and oxygen atoms in total. The average molecular weight is 398 g/mol. The molecule has 1 amide bonds. The number of amides is 1. The number of hydrogen-bond acceptors (Lipinski definition) is 5. The van der Waals surface area contributed by atoms with E-state index in [1.54, 1.807) is 12.1 Å². The number of aromatic nitrogens is 2. The Morgan fingerprint density at radius 3 is 2.64 bits per heavy atom. The SMILES string of the molecule is O=C(NCc1nc(-c2cccc(Cl)c2)no1)C1(c2ccccc2)CCOCC1. The highest BCUT2D eigenvalue weighted by Gasteiger charge is 2.41. The van der Waals surface area contributed by atoms with E-state index in [9.17, 15) is 4.79 Å². The second kappa shape index (κ2) is 8.12. The zero-order valence-corrected chi connectivity index (χ0v) is 16.0. The van der Waals surface area contributed by atoms with E-state index in [4.69, 9.17) is 20.9 Å². The first-order valence-electron chi connectivity index (χ1n) is 9.17. The molecule has 0 saturated carbocycles. The third-order valence-electron chi connectivity index (χ3n) is 5.06. The summed E-state index contributed by atoms with van der Waals surface area (Å²) in [6.45, 7) is 1.28. The van der Waals surface area contributed by atoms with E-state index in [0.717, 1.165) is 11.1 Å². The summed E-state index contributed by atoms with van der Waals surface area (Å²) in [5.74, 6) is 0.735. The lowest BCUT2D eigenvalue weighted by Crippen LogP contribution is -2.47. The number of carbonyl (C=O) groups is 1. The van der Waals surface area contributed by atoms with Crippen molar-refractivity contribution >= 4 is 17.5 Å². The molecule has 0 bridgehead atoms. The second-order valence-electron chi connectivity index (χ2n) is 6.77. The molecule has 0 unspecified atom stereocenters. The fraction of sp³-hybridized carbons (Fsp3) is 0.286. The molecule has 0 aliphatic carbocycles. The van der Waals surface area contributed by atoms with Crippen LogP contribution >= 0.6 is 11.6 Å². The van der Waals surface area contributed by atoms with Crippen LogP contribution in [0.5, 0.6) is 0 Å². The first-order chi connectivity index (χ1) is 13.7. The van der Waals surface area contributed by atoms with Crippen molar-refractivity contribution in [1.82, 2.24) is 15.5 Å². The van der Waals surface area contributed by atoms with Gasteiger partial charge in [-0.05, 0) is 30.5 Å². The number of halogens is 1. The standard InChI is InChI=1S/C21H20ClN3O3/c22-17-8-4-5-15(13-17)19-24-18(28-25-19)14-23-20(26)21(9-11-27-12-10-21)16-6-2-1-3-7-16/h1-8,13H,9-12,14H2,(H,23,26). The molecular weight excluding hydrogens is 378 g/mol. The van der Waals surface area contributed by atoms with Crippen molar-refractivity contribution in [3.63, 3.8) is 0 Å². The maximum absolute atomic E-state index is 13.1. The van der Waals surface area contributed by atoms with Crippen molar-refractivity contribution in [1.29, 1.82) is 0 Å². The number of hydrogen-bond donors (Lipinski definition) is 1. The van der Waals surface area contributed by atoms with Gasteiger partial charge in [-0.1, -0.05) is 59.2 Å². The molecule has 28 heavy (non-hydrogen) atoms. The van der Waals surface area contributed by atoms with Crippen LogP contribution in [0.1, 0.15) is 24.3 Å². The minimum absolute atomic E-state index is 0.0514. The van der Waals surface area contributed by atoms with Crippen LogP contribution in [0.25, 0.3) is 11.4 Å². The van der Waals surface area contributed by atoms with Gasteiger partial charge >= 0.3 is 0 Å². The van der Waals surface area contributed by atoms with Crippen LogP contribution in [0, 0.1) is 0 Å². The molecule has 1 aromatic heterocycles. The van der Waals surface area contributed by atoms with E-state index in [-0.39, 0.29) is 12.5 Å². The number of nitrogens with one attached hydrogen (secondary N) is 1. The van der Waals surface area contributed by atoms with Crippen LogP contribution in [0.3, 0.4) is 0 Å². The first-order valence-corrected chi connectivity index (χ1v) is 9.55. The Bertz CT molecular complexity index is 952. The van der Waals surface area contributed by atoms with Crippen LogP contribution in [-0.4, -0.2) is 29.3 Å². The Kier molecular flexibility index (Phi) is 5.41. The lowest BCUT2D eigenvalue weighted by Gasteiger charge is -2.36. The van der Waals surface area contributed by atoms with Gasteiger partial charge in [0.05, 0.1) is 12.0 Å². The Hall–Kier alpha value is -2.70. The topological polar surface area (TPSA) is 77.3 Å². The van der Waals surface area contributed by atoms with Gasteiger partial charge in [0.2, 0.25) is 17.6 Å². The van der Waals surface area contributed by atoms with Gasteiger partial charge in [-0.3, -0.25) is 4.79 Å². The Balaban J connectivity index is 1.49. The summed E-state index contributed by atoms with van der Waals surface area (Å²) in [6.07, 6.45) is 1.28. The van der Waals surface area contributed by atoms with E-state index in [2.05, 4.69) is 15.5 Å². The third kappa shape index (κ3) is 3.79. The largest absolute Gasteiger partial charge is 0.381 e. The normalized spacial score (nSPS) is 15.9. The Morgan fingerprint density at radius 2 is 1.89 bits per heavy atom. The summed E-state index contributed by atoms with van der Waals surface area (Å²) in [5, 5.41) is 7.54. The maximum Gasteiger partial charge on any atom is 0.246 e. The summed E-state index contributed by atoms with van der Waals surface area (Å²) in [7, 11) is 0. The predicted molar refractivity (Wildman–Crippen MR) is 105 cm³/mol. The summed E-state index contributed by atoms with van der Waals surface area (Å²) < 4.78 is 10.8. The van der Waals surface area contributed by atoms with E-state index in [0.29, 0.717) is 42.8 Å². The predicted octanol–water partition coefficient (Wildman–Crippen LogP) is 3.75. The van der Waals surface area contributed by atoms with Crippen LogP contribution < -0.4 is 5.32 Å². The average Bonchev–Trinajstić information content (AvgIpc) is 3.22. The zero-order valence-electron chi connectivity index (χ0n) is 15.2. The van der Waals surface area contributed by atoms with Gasteiger partial charge in [0.1, 0.15) is 0 Å². The van der Waals surface area contributed by atoms with Crippen LogP contribution in [0.2, 0.25) is 5.02 Å². The molecule has 0 atom stereocenters. The zero-order chi connectivity index (χ0) is 19.4. The molecule has 0 spiro atoms. The Labute approximate surface area is 167 Å². The molecule has 7 heteroatoms. The summed E-state index contributed by atoms with van der Waals surface area (Å²) in [5.41, 5.74) is 1.16. The minimum atomic E-state index is -0.602. The second-order valence-corrected chi connectivity index (χ2v) is 7.20. The van der Waals surface area contributed by atoms with E-state index >= 15 is 0 Å². The van der Waals surface area contributed by atoms with Crippen LogP contribution in [0.15, 0.2) is 59.1 Å². The minimum Gasteiger partial charge on any atom is -0.381 e. The van der Waals surface area contributed by atoms with E-state index in [1.165, 1.54) is 0 Å². The molecule has 2 aromatic carbocycles. The smallest absolute Gasteiger partial charge is 0.246 e. The van der Waals surface area contributed by atoms with Gasteiger partial charge in [-0.15, -0.1) is 0 Å². The lowest BCUT2D eigenvalue weighted by atomic mass is 9.73. The first kappa shape index (κ1) is 18.7. The number of benzene rings is 2. The molecule has 1 fully saturated rings. The van der Waals surface area contributed by atoms with Crippen LogP contribution in [-0.2, 0) is 21.5 Å². The number of rotatable bonds is 5. The third-order valence-corrected chi connectivity index (χ3v) is 5.29. The monoisotopic (exact) mass is 397 g/mol. The number of nitrogens with zero attached hydrogens (tertiary/aromatic N) is 2. The van der Waals surface area contributed by atoms with Gasteiger partial charge in [0.25, 0.3) is 0 Å². The summed E-state index contributed by atoms with van der Waals surface area (Å²) >= 11 is 6.01. The number of carbonyl (C=O) groups excluding carboxylic acids is 1. The molecular formula is C21H20ClN3O3. The molecule has 1 N–H and O–H groups in total. The Morgan fingerprint density at radius 1 is 1.11 bits per heavy atom. The van der Waals surface area contributed by atoms with Crippen molar-refractivity contribution in [3.05, 3.63) is 71.1 Å². The number of ether oxygens (including phenoxy) is 1. The summed E-state index contributed by atoms with van der Waals surface area (Å²) in [4.78, 5) is 17.5. The molecule has 4 rings (SSSR count). The van der Waals surface area contributed by atoms with E-state index in [1.807, 2.05) is 42.5 Å². The molecule has 144 valence electrons. The lowest BCUT2D eigenvalue weighted by molar-refractivity contribution is -0.130. The van der Waals surface area contributed by atoms with Gasteiger partial charge in [-0.25, -0.2) is 0 Å². The van der Waals surface area contributed by atoms with Gasteiger partial charge in [-0.2, -0.15) is 4.98 Å². The van der Waals surface area contributed by atoms with Crippen molar-refractivity contribution in [3.8, 4) is 11.4 Å².